The number of halogens is 3. The van der Waals surface area contributed by atoms with E-state index in [2.05, 4.69) is 15.2 Å². The van der Waals surface area contributed by atoms with E-state index in [-0.39, 0.29) is 41.7 Å². The number of Topliss-reactive ketones (excluding diaryl/α,β-unsaturated/α-hetero) is 1. The van der Waals surface area contributed by atoms with E-state index in [4.69, 9.17) is 11.6 Å². The smallest absolute Gasteiger partial charge is 0.262 e. The number of alkyl halides is 1. The number of nitrogens with zero attached hydrogens (tertiary/aromatic N) is 6. The Morgan fingerprint density at radius 3 is 2.69 bits per heavy atom. The molecule has 0 amide bonds. The summed E-state index contributed by atoms with van der Waals surface area (Å²) >= 11 is 6.23. The number of rotatable bonds is 8. The molecule has 1 saturated carbocycles. The summed E-state index contributed by atoms with van der Waals surface area (Å²) in [5, 5.41) is 8.77. The normalized spacial score (nSPS) is 20.2. The third-order valence-corrected chi connectivity index (χ3v) is 10.1. The zero-order chi connectivity index (χ0) is 29.6. The first kappa shape index (κ1) is 28.4. The molecule has 0 unspecified atom stereocenters. The number of fused-ring (bicyclic) bond motifs is 2. The van der Waals surface area contributed by atoms with Crippen molar-refractivity contribution in [2.75, 3.05) is 13.2 Å². The van der Waals surface area contributed by atoms with Gasteiger partial charge in [-0.1, -0.05) is 17.2 Å². The lowest BCUT2D eigenvalue weighted by Gasteiger charge is -2.46. The van der Waals surface area contributed by atoms with E-state index >= 15 is 0 Å². The van der Waals surface area contributed by atoms with E-state index in [9.17, 15) is 22.0 Å². The lowest BCUT2D eigenvalue weighted by atomic mass is 9.60. The Morgan fingerprint density at radius 1 is 1.21 bits per heavy atom. The van der Waals surface area contributed by atoms with Gasteiger partial charge >= 0.3 is 0 Å². The van der Waals surface area contributed by atoms with E-state index in [0.29, 0.717) is 23.6 Å². The second-order valence-electron chi connectivity index (χ2n) is 10.6. The molecule has 0 aliphatic heterocycles. The number of pyridine rings is 1. The van der Waals surface area contributed by atoms with Crippen LogP contribution in [0.2, 0.25) is 5.02 Å². The summed E-state index contributed by atoms with van der Waals surface area (Å²) in [5.41, 5.74) is 1.99. The molecule has 42 heavy (non-hydrogen) atoms. The minimum atomic E-state index is -4.15. The van der Waals surface area contributed by atoms with Gasteiger partial charge in [-0.25, -0.2) is 21.9 Å². The van der Waals surface area contributed by atoms with Crippen LogP contribution in [0.5, 0.6) is 0 Å². The highest BCUT2D eigenvalue weighted by atomic mass is 35.5. The highest BCUT2D eigenvalue weighted by molar-refractivity contribution is 7.89. The second kappa shape index (κ2) is 10.8. The fourth-order valence-corrected chi connectivity index (χ4v) is 7.87. The molecule has 13 heteroatoms. The van der Waals surface area contributed by atoms with Crippen LogP contribution >= 0.6 is 11.6 Å². The Labute approximate surface area is 246 Å². The van der Waals surface area contributed by atoms with Gasteiger partial charge in [0.1, 0.15) is 18.2 Å². The zero-order valence-electron chi connectivity index (χ0n) is 22.6. The number of ketones is 1. The molecule has 0 bridgehead atoms. The van der Waals surface area contributed by atoms with Crippen molar-refractivity contribution >= 4 is 33.5 Å². The van der Waals surface area contributed by atoms with Crippen molar-refractivity contribution in [1.82, 2.24) is 28.9 Å². The van der Waals surface area contributed by atoms with Crippen LogP contribution < -0.4 is 0 Å². The van der Waals surface area contributed by atoms with Crippen LogP contribution in [0, 0.1) is 11.2 Å². The average molecular weight is 613 g/mol. The van der Waals surface area contributed by atoms with Crippen LogP contribution in [0.3, 0.4) is 0 Å². The van der Waals surface area contributed by atoms with Gasteiger partial charge in [-0.05, 0) is 79.8 Å². The Bertz CT molecular complexity index is 1800. The molecule has 0 spiro atoms. The minimum absolute atomic E-state index is 0.110. The summed E-state index contributed by atoms with van der Waals surface area (Å²) in [6, 6.07) is 9.72. The monoisotopic (exact) mass is 612 g/mol. The Hall–Kier alpha value is -3.74. The predicted octanol–water partition coefficient (Wildman–Crippen LogP) is 4.82. The lowest BCUT2D eigenvalue weighted by molar-refractivity contribution is 0.0734. The molecule has 3 aromatic heterocycles. The first-order chi connectivity index (χ1) is 20.1. The first-order valence-corrected chi connectivity index (χ1v) is 15.2. The van der Waals surface area contributed by atoms with Crippen LogP contribution in [0.15, 0.2) is 71.7 Å². The van der Waals surface area contributed by atoms with Crippen molar-refractivity contribution in [2.24, 2.45) is 12.5 Å². The number of carbonyl (C=O) groups excluding carboxylic acids is 1. The second-order valence-corrected chi connectivity index (χ2v) is 12.9. The molecule has 1 fully saturated rings. The van der Waals surface area contributed by atoms with Crippen LogP contribution in [-0.4, -0.2) is 62.3 Å². The molecule has 9 nitrogen and oxygen atoms in total. The van der Waals surface area contributed by atoms with E-state index in [1.807, 2.05) is 6.08 Å². The summed E-state index contributed by atoms with van der Waals surface area (Å²) in [6.45, 7) is -1.26. The minimum Gasteiger partial charge on any atom is -0.291 e. The van der Waals surface area contributed by atoms with E-state index in [0.717, 1.165) is 21.1 Å². The van der Waals surface area contributed by atoms with Crippen molar-refractivity contribution in [1.29, 1.82) is 0 Å². The summed E-state index contributed by atoms with van der Waals surface area (Å²) in [7, 11) is -2.55. The fourth-order valence-electron chi connectivity index (χ4n) is 6.13. The molecule has 0 radical (unpaired) electrons. The summed E-state index contributed by atoms with van der Waals surface area (Å²) in [6.07, 6.45) is 7.64. The molecule has 4 aromatic rings. The molecule has 2 atom stereocenters. The maximum atomic E-state index is 14.4. The summed E-state index contributed by atoms with van der Waals surface area (Å²) in [4.78, 5) is 18.7. The third kappa shape index (κ3) is 4.87. The number of hydrogen-bond acceptors (Lipinski definition) is 6. The Balaban J connectivity index is 1.45. The van der Waals surface area contributed by atoms with E-state index in [1.165, 1.54) is 41.3 Å². The highest BCUT2D eigenvalue weighted by Crippen LogP contribution is 2.51. The molecule has 6 rings (SSSR count). The molecule has 2 aliphatic rings. The maximum absolute atomic E-state index is 14.4. The zero-order valence-corrected chi connectivity index (χ0v) is 24.2. The molecular formula is C29H27ClF2N6O3S. The third-order valence-electron chi connectivity index (χ3n) is 8.07. The summed E-state index contributed by atoms with van der Waals surface area (Å²) in [5.74, 6) is -0.662. The van der Waals surface area contributed by atoms with Gasteiger partial charge in [0.05, 0.1) is 23.0 Å². The van der Waals surface area contributed by atoms with Crippen molar-refractivity contribution in [3.8, 4) is 5.69 Å². The van der Waals surface area contributed by atoms with Crippen molar-refractivity contribution in [3.05, 3.63) is 94.4 Å². The number of hydrogen-bond donors (Lipinski definition) is 0. The number of sulfonamides is 1. The maximum Gasteiger partial charge on any atom is 0.262 e. The molecule has 2 aliphatic carbocycles. The summed E-state index contributed by atoms with van der Waals surface area (Å²) < 4.78 is 59.0. The van der Waals surface area contributed by atoms with Gasteiger partial charge in [-0.2, -0.15) is 14.5 Å². The van der Waals surface area contributed by atoms with Crippen LogP contribution in [0.4, 0.5) is 8.78 Å². The van der Waals surface area contributed by atoms with Crippen LogP contribution in [0.1, 0.15) is 41.0 Å². The van der Waals surface area contributed by atoms with Crippen molar-refractivity contribution < 1.29 is 22.0 Å². The quantitative estimate of drug-likeness (QED) is 0.265. The molecule has 0 N–H and O–H groups in total. The lowest BCUT2D eigenvalue weighted by Crippen LogP contribution is -2.51. The van der Waals surface area contributed by atoms with Crippen LogP contribution in [0.25, 0.3) is 11.8 Å². The molecular weight excluding hydrogens is 586 g/mol. The van der Waals surface area contributed by atoms with Gasteiger partial charge in [-0.15, -0.1) is 0 Å². The number of benzene rings is 1. The van der Waals surface area contributed by atoms with Crippen molar-refractivity contribution in [3.63, 3.8) is 0 Å². The fraction of sp³-hybridized carbons (Fsp3) is 0.310. The predicted molar refractivity (Wildman–Crippen MR) is 152 cm³/mol. The number of aromatic nitrogens is 5. The standard InChI is InChI=1S/C29H27ClF2N6O3S/c1-36-12-9-27(35-36)42(40,41)37(13-10-31)24-5-2-20-14-26-19(18-34-38(26)23-6-3-22(32)4-7-23)16-29(20,17-24)28(39)25-15-21(30)8-11-33-25/h3-4,6-9,11-12,14-15,18,24H,2,5,10,13,16-17H2,1H3/t24-,29-/m0/s1. The van der Waals surface area contributed by atoms with E-state index in [1.54, 1.807) is 36.1 Å². The van der Waals surface area contributed by atoms with Crippen molar-refractivity contribution in [2.45, 2.75) is 36.8 Å². The number of allylic oxidation sites excluding steroid dienone is 1. The molecule has 218 valence electrons. The largest absolute Gasteiger partial charge is 0.291 e. The van der Waals surface area contributed by atoms with E-state index < -0.39 is 28.2 Å². The highest BCUT2D eigenvalue weighted by Gasteiger charge is 2.52. The first-order valence-electron chi connectivity index (χ1n) is 13.4. The SMILES string of the molecule is Cn1ccc(S(=O)(=O)N(CCF)[C@H]2CCC3=Cc4c(cnn4-c4ccc(F)cc4)C[C@]3(C(=O)c3cc(Cl)ccn3)C2)n1. The van der Waals surface area contributed by atoms with Crippen LogP contribution in [-0.2, 0) is 23.5 Å². The number of aryl methyl sites for hydroxylation is 1. The van der Waals surface area contributed by atoms with Gasteiger partial charge in [0.2, 0.25) is 0 Å². The average Bonchev–Trinajstić information content (AvgIpc) is 3.60. The van der Waals surface area contributed by atoms with Gasteiger partial charge in [0.15, 0.2) is 10.8 Å². The topological polar surface area (TPSA) is 103 Å². The van der Waals surface area contributed by atoms with Gasteiger partial charge < -0.3 is 0 Å². The molecule has 1 aromatic carbocycles. The Morgan fingerprint density at radius 2 is 2.00 bits per heavy atom. The number of carbonyl (C=O) groups is 1. The van der Waals surface area contributed by atoms with Gasteiger partial charge in [0.25, 0.3) is 10.0 Å². The molecule has 3 heterocycles. The van der Waals surface area contributed by atoms with Gasteiger partial charge in [0, 0.05) is 37.1 Å². The van der Waals surface area contributed by atoms with Gasteiger partial charge in [-0.3, -0.25) is 14.5 Å². The molecule has 0 saturated heterocycles. The Kier molecular flexibility index (Phi) is 7.32.